The van der Waals surface area contributed by atoms with Crippen molar-refractivity contribution in [1.29, 1.82) is 0 Å². The summed E-state index contributed by atoms with van der Waals surface area (Å²) >= 11 is 0. The largest absolute Gasteiger partial charge is 0.493 e. The molecule has 10 nitrogen and oxygen atoms in total. The summed E-state index contributed by atoms with van der Waals surface area (Å²) in [5.74, 6) is 0.616. The fourth-order valence-electron chi connectivity index (χ4n) is 5.01. The molecule has 198 valence electrons. The second-order valence-electron chi connectivity index (χ2n) is 9.57. The van der Waals surface area contributed by atoms with E-state index in [2.05, 4.69) is 25.3 Å². The molecule has 0 saturated carbocycles. The van der Waals surface area contributed by atoms with Crippen LogP contribution in [0.1, 0.15) is 11.4 Å². The van der Waals surface area contributed by atoms with Gasteiger partial charge in [-0.2, -0.15) is 0 Å². The highest BCUT2D eigenvalue weighted by Crippen LogP contribution is 2.30. The van der Waals surface area contributed by atoms with E-state index in [1.54, 1.807) is 0 Å². The quantitative estimate of drug-likeness (QED) is 0.302. The standard InChI is InChI=1S/C30H25N7O3/c38-29-26(34-30(39)35-29)21-7-5-20(6-8-21)25-17-31-27(36-13-15-40-16-14-36)28-33-23(18-37(25)28)12-11-22-10-9-19-3-1-2-4-24(19)32-22/h1-12,17-18,38H,13-16H2,(H2,34,35,39)/b12-11+. The average Bonchev–Trinajstić information content (AvgIpc) is 3.58. The third-order valence-corrected chi connectivity index (χ3v) is 7.03. The van der Waals surface area contributed by atoms with Gasteiger partial charge in [0, 0.05) is 35.8 Å². The van der Waals surface area contributed by atoms with E-state index in [-0.39, 0.29) is 5.88 Å². The third kappa shape index (κ3) is 4.40. The highest BCUT2D eigenvalue weighted by atomic mass is 16.5. The Balaban J connectivity index is 1.29. The molecule has 6 aromatic rings. The lowest BCUT2D eigenvalue weighted by molar-refractivity contribution is 0.122. The van der Waals surface area contributed by atoms with Gasteiger partial charge in [0.2, 0.25) is 5.88 Å². The van der Waals surface area contributed by atoms with Crippen molar-refractivity contribution in [2.75, 3.05) is 31.2 Å². The number of rotatable bonds is 5. The van der Waals surface area contributed by atoms with Crippen LogP contribution in [0, 0.1) is 0 Å². The molecular weight excluding hydrogens is 506 g/mol. The van der Waals surface area contributed by atoms with E-state index in [0.29, 0.717) is 24.5 Å². The number of nitrogens with zero attached hydrogens (tertiary/aromatic N) is 5. The maximum absolute atomic E-state index is 11.6. The Kier molecular flexibility index (Phi) is 5.86. The number of aromatic amines is 2. The summed E-state index contributed by atoms with van der Waals surface area (Å²) in [6, 6.07) is 19.7. The van der Waals surface area contributed by atoms with E-state index >= 15 is 0 Å². The highest BCUT2D eigenvalue weighted by molar-refractivity contribution is 5.81. The molecule has 3 N–H and O–H groups in total. The third-order valence-electron chi connectivity index (χ3n) is 7.03. The Bertz CT molecular complexity index is 1930. The van der Waals surface area contributed by atoms with Gasteiger partial charge in [0.15, 0.2) is 11.5 Å². The molecule has 1 saturated heterocycles. The van der Waals surface area contributed by atoms with E-state index in [0.717, 1.165) is 58.1 Å². The molecule has 2 aromatic carbocycles. The van der Waals surface area contributed by atoms with Gasteiger partial charge in [0.25, 0.3) is 0 Å². The van der Waals surface area contributed by atoms with Crippen molar-refractivity contribution in [2.45, 2.75) is 0 Å². The summed E-state index contributed by atoms with van der Waals surface area (Å²) in [7, 11) is 0. The van der Waals surface area contributed by atoms with E-state index < -0.39 is 5.69 Å². The van der Waals surface area contributed by atoms with Crippen molar-refractivity contribution in [3.8, 4) is 28.4 Å². The van der Waals surface area contributed by atoms with E-state index in [1.165, 1.54) is 0 Å². The van der Waals surface area contributed by atoms with Crippen LogP contribution in [-0.2, 0) is 4.74 Å². The zero-order chi connectivity index (χ0) is 27.1. The van der Waals surface area contributed by atoms with Crippen LogP contribution in [0.5, 0.6) is 5.88 Å². The zero-order valence-electron chi connectivity index (χ0n) is 21.4. The first-order valence-corrected chi connectivity index (χ1v) is 13.0. The number of fused-ring (bicyclic) bond motifs is 2. The summed E-state index contributed by atoms with van der Waals surface area (Å²) in [4.78, 5) is 33.3. The molecular formula is C30H25N7O3. The number of aromatic nitrogens is 6. The lowest BCUT2D eigenvalue weighted by Gasteiger charge is -2.28. The number of benzene rings is 2. The van der Waals surface area contributed by atoms with E-state index in [1.807, 2.05) is 79.1 Å². The summed E-state index contributed by atoms with van der Waals surface area (Å²) in [6.07, 6.45) is 7.78. The van der Waals surface area contributed by atoms with Gasteiger partial charge in [-0.15, -0.1) is 0 Å². The molecule has 40 heavy (non-hydrogen) atoms. The van der Waals surface area contributed by atoms with Gasteiger partial charge in [0.05, 0.1) is 42.0 Å². The number of hydrogen-bond acceptors (Lipinski definition) is 7. The minimum atomic E-state index is -0.459. The molecule has 1 fully saturated rings. The lowest BCUT2D eigenvalue weighted by atomic mass is 10.1. The van der Waals surface area contributed by atoms with E-state index in [4.69, 9.17) is 19.7 Å². The van der Waals surface area contributed by atoms with Crippen molar-refractivity contribution in [2.24, 2.45) is 0 Å². The topological polar surface area (TPSA) is 124 Å². The fraction of sp³-hybridized carbons (Fsp3) is 0.133. The SMILES string of the molecule is O=c1[nH]c(O)c(-c2ccc(-c3cnc(N4CCOCC4)c4nc(/C=C/c5ccc6ccccc6n5)cn34)cc2)[nH]1. The van der Waals surface area contributed by atoms with Crippen molar-refractivity contribution in [1.82, 2.24) is 29.3 Å². The predicted octanol–water partition coefficient (Wildman–Crippen LogP) is 4.34. The maximum atomic E-state index is 11.6. The van der Waals surface area contributed by atoms with Crippen molar-refractivity contribution in [3.63, 3.8) is 0 Å². The van der Waals surface area contributed by atoms with Crippen LogP contribution in [0.4, 0.5) is 5.82 Å². The molecule has 0 spiro atoms. The lowest BCUT2D eigenvalue weighted by Crippen LogP contribution is -2.37. The first-order chi connectivity index (χ1) is 19.6. The minimum Gasteiger partial charge on any atom is -0.493 e. The van der Waals surface area contributed by atoms with Gasteiger partial charge >= 0.3 is 5.69 Å². The Labute approximate surface area is 228 Å². The monoisotopic (exact) mass is 531 g/mol. The number of ether oxygens (including phenoxy) is 1. The van der Waals surface area contributed by atoms with Gasteiger partial charge in [-0.25, -0.2) is 19.7 Å². The molecule has 10 heteroatoms. The molecule has 5 heterocycles. The summed E-state index contributed by atoms with van der Waals surface area (Å²) < 4.78 is 7.60. The number of hydrogen-bond donors (Lipinski definition) is 3. The predicted molar refractivity (Wildman–Crippen MR) is 154 cm³/mol. The summed E-state index contributed by atoms with van der Waals surface area (Å²) in [5, 5.41) is 11.1. The normalized spacial score (nSPS) is 14.1. The summed E-state index contributed by atoms with van der Waals surface area (Å²) in [5.41, 5.74) is 5.68. The molecule has 0 aliphatic carbocycles. The highest BCUT2D eigenvalue weighted by Gasteiger charge is 2.20. The maximum Gasteiger partial charge on any atom is 0.326 e. The van der Waals surface area contributed by atoms with Crippen LogP contribution >= 0.6 is 0 Å². The number of pyridine rings is 1. The number of H-pyrrole nitrogens is 2. The number of para-hydroxylation sites is 1. The van der Waals surface area contributed by atoms with Gasteiger partial charge < -0.3 is 19.7 Å². The van der Waals surface area contributed by atoms with Crippen molar-refractivity contribution >= 4 is 34.5 Å². The van der Waals surface area contributed by atoms with Gasteiger partial charge in [-0.05, 0) is 24.3 Å². The molecule has 1 aliphatic heterocycles. The molecule has 0 atom stereocenters. The first-order valence-electron chi connectivity index (χ1n) is 13.0. The van der Waals surface area contributed by atoms with Gasteiger partial charge in [-0.1, -0.05) is 48.5 Å². The second-order valence-corrected chi connectivity index (χ2v) is 9.57. The number of anilines is 1. The zero-order valence-corrected chi connectivity index (χ0v) is 21.4. The van der Waals surface area contributed by atoms with Crippen LogP contribution in [0.2, 0.25) is 0 Å². The Hall–Kier alpha value is -5.22. The molecule has 4 aromatic heterocycles. The number of imidazole rings is 2. The molecule has 1 aliphatic rings. The number of morpholine rings is 1. The van der Waals surface area contributed by atoms with Crippen LogP contribution < -0.4 is 10.6 Å². The van der Waals surface area contributed by atoms with Crippen LogP contribution in [0.3, 0.4) is 0 Å². The first kappa shape index (κ1) is 23.9. The molecule has 7 rings (SSSR count). The second kappa shape index (κ2) is 9.83. The number of nitrogens with one attached hydrogen (secondary N) is 2. The Morgan fingerprint density at radius 3 is 2.45 bits per heavy atom. The minimum absolute atomic E-state index is 0.191. The van der Waals surface area contributed by atoms with Crippen molar-refractivity contribution < 1.29 is 9.84 Å². The average molecular weight is 532 g/mol. The Morgan fingerprint density at radius 1 is 0.875 bits per heavy atom. The Morgan fingerprint density at radius 2 is 1.65 bits per heavy atom. The van der Waals surface area contributed by atoms with Gasteiger partial charge in [-0.3, -0.25) is 9.38 Å². The van der Waals surface area contributed by atoms with Gasteiger partial charge in [0.1, 0.15) is 5.69 Å². The molecule has 0 unspecified atom stereocenters. The van der Waals surface area contributed by atoms with Crippen LogP contribution in [0.15, 0.2) is 77.9 Å². The molecule has 0 radical (unpaired) electrons. The molecule has 0 bridgehead atoms. The van der Waals surface area contributed by atoms with E-state index in [9.17, 15) is 9.90 Å². The number of aromatic hydroxyl groups is 1. The molecule has 0 amide bonds. The smallest absolute Gasteiger partial charge is 0.326 e. The van der Waals surface area contributed by atoms with Crippen molar-refractivity contribution in [3.05, 3.63) is 94.9 Å². The van der Waals surface area contributed by atoms with Crippen LogP contribution in [0.25, 0.3) is 51.2 Å². The van der Waals surface area contributed by atoms with Crippen LogP contribution in [-0.4, -0.2) is 60.7 Å². The fourth-order valence-corrected chi connectivity index (χ4v) is 5.01. The summed E-state index contributed by atoms with van der Waals surface area (Å²) in [6.45, 7) is 2.78.